The van der Waals surface area contributed by atoms with Gasteiger partial charge in [-0.15, -0.1) is 0 Å². The molecule has 0 saturated heterocycles. The summed E-state index contributed by atoms with van der Waals surface area (Å²) in [5, 5.41) is 12.1. The van der Waals surface area contributed by atoms with Crippen LogP contribution in [0.5, 0.6) is 0 Å². The molecule has 0 N–H and O–H groups in total. The summed E-state index contributed by atoms with van der Waals surface area (Å²) in [5.74, 6) is 0.157. The number of benzene rings is 9. The molecule has 1 aliphatic rings. The Morgan fingerprint density at radius 3 is 1.79 bits per heavy atom. The first-order valence-corrected chi connectivity index (χ1v) is 19.9. The van der Waals surface area contributed by atoms with Crippen molar-refractivity contribution >= 4 is 76.2 Å². The van der Waals surface area contributed by atoms with Gasteiger partial charge in [0, 0.05) is 27.6 Å². The monoisotopic (exact) mass is 728 g/mol. The molecule has 0 spiro atoms. The molecule has 0 amide bonds. The molecule has 0 saturated carbocycles. The van der Waals surface area contributed by atoms with Gasteiger partial charge in [0.1, 0.15) is 22.3 Å². The number of fused-ring (bicyclic) bond motifs is 10. The van der Waals surface area contributed by atoms with E-state index < -0.39 is 0 Å². The predicted molar refractivity (Wildman–Crippen MR) is 239 cm³/mol. The standard InChI is InChI=1S/C55H36O2/c1-2-14-38-32-39(29-26-35(38)13-1)36-24-27-37(28-25-36)52-44-19-5-3-16-41(44)48(42-17-4-6-20-45(42)52)31-34-12-11-15-40(30-34)47-33-49-43-18-7-9-22-50(43)56-55(49)53-46-21-8-10-23-51(46)57-54(47)53/h1-14,16-30,32-33,40H,15,31H2. The van der Waals surface area contributed by atoms with Gasteiger partial charge in [0.05, 0.1) is 5.39 Å². The van der Waals surface area contributed by atoms with Crippen LogP contribution in [0.3, 0.4) is 0 Å². The second-order valence-electron chi connectivity index (χ2n) is 15.5. The summed E-state index contributed by atoms with van der Waals surface area (Å²) >= 11 is 0. The van der Waals surface area contributed by atoms with Gasteiger partial charge >= 0.3 is 0 Å². The average molecular weight is 729 g/mol. The Labute approximate surface area is 329 Å². The van der Waals surface area contributed by atoms with E-state index in [-0.39, 0.29) is 5.92 Å². The minimum absolute atomic E-state index is 0.157. The van der Waals surface area contributed by atoms with Gasteiger partial charge in [0.15, 0.2) is 0 Å². The number of allylic oxidation sites excluding steroid dienone is 4. The molecule has 1 atom stereocenters. The highest BCUT2D eigenvalue weighted by Crippen LogP contribution is 2.46. The van der Waals surface area contributed by atoms with Crippen molar-refractivity contribution in [3.05, 3.63) is 205 Å². The normalized spacial score (nSPS) is 14.5. The molecule has 0 aliphatic heterocycles. The maximum Gasteiger partial charge on any atom is 0.147 e. The van der Waals surface area contributed by atoms with Gasteiger partial charge in [-0.05, 0) is 103 Å². The Kier molecular flexibility index (Phi) is 7.15. The fourth-order valence-electron chi connectivity index (χ4n) is 9.57. The van der Waals surface area contributed by atoms with Crippen LogP contribution in [-0.4, -0.2) is 0 Å². The van der Waals surface area contributed by atoms with Gasteiger partial charge in [-0.1, -0.05) is 164 Å². The van der Waals surface area contributed by atoms with E-state index in [4.69, 9.17) is 8.83 Å². The highest BCUT2D eigenvalue weighted by atomic mass is 16.3. The van der Waals surface area contributed by atoms with E-state index in [0.717, 1.165) is 56.7 Å². The van der Waals surface area contributed by atoms with Gasteiger partial charge in [0.2, 0.25) is 0 Å². The van der Waals surface area contributed by atoms with Crippen LogP contribution in [0.4, 0.5) is 0 Å². The van der Waals surface area contributed by atoms with E-state index in [1.165, 1.54) is 71.3 Å². The summed E-state index contributed by atoms with van der Waals surface area (Å²) in [4.78, 5) is 0. The van der Waals surface area contributed by atoms with Crippen LogP contribution < -0.4 is 0 Å². The molecule has 12 rings (SSSR count). The molecule has 11 aromatic rings. The van der Waals surface area contributed by atoms with Crippen LogP contribution in [0.2, 0.25) is 0 Å². The minimum Gasteiger partial charge on any atom is -0.456 e. The lowest BCUT2D eigenvalue weighted by Gasteiger charge is -2.21. The van der Waals surface area contributed by atoms with Gasteiger partial charge in [-0.2, -0.15) is 0 Å². The third-order valence-electron chi connectivity index (χ3n) is 12.2. The summed E-state index contributed by atoms with van der Waals surface area (Å²) in [6.07, 6.45) is 8.91. The molecule has 0 fully saturated rings. The van der Waals surface area contributed by atoms with E-state index in [1.54, 1.807) is 0 Å². The molecule has 0 radical (unpaired) electrons. The van der Waals surface area contributed by atoms with E-state index >= 15 is 0 Å². The number of para-hydroxylation sites is 2. The van der Waals surface area contributed by atoms with Crippen molar-refractivity contribution < 1.29 is 8.83 Å². The molecule has 1 unspecified atom stereocenters. The molecule has 57 heavy (non-hydrogen) atoms. The summed E-state index contributed by atoms with van der Waals surface area (Å²) < 4.78 is 13.2. The van der Waals surface area contributed by atoms with Gasteiger partial charge in [-0.25, -0.2) is 0 Å². The maximum atomic E-state index is 6.70. The molecule has 268 valence electrons. The van der Waals surface area contributed by atoms with Crippen molar-refractivity contribution in [1.29, 1.82) is 0 Å². The van der Waals surface area contributed by atoms with E-state index in [2.05, 4.69) is 176 Å². The Morgan fingerprint density at radius 2 is 1.04 bits per heavy atom. The second-order valence-corrected chi connectivity index (χ2v) is 15.5. The molecule has 2 aromatic heterocycles. The molecule has 2 heterocycles. The topological polar surface area (TPSA) is 26.3 Å². The second kappa shape index (κ2) is 12.7. The zero-order chi connectivity index (χ0) is 37.5. The van der Waals surface area contributed by atoms with Crippen molar-refractivity contribution in [3.8, 4) is 22.3 Å². The van der Waals surface area contributed by atoms with Crippen molar-refractivity contribution in [2.24, 2.45) is 0 Å². The lowest BCUT2D eigenvalue weighted by Crippen LogP contribution is -2.03. The van der Waals surface area contributed by atoms with E-state index in [0.29, 0.717) is 0 Å². The Morgan fingerprint density at radius 1 is 0.456 bits per heavy atom. The number of rotatable bonds is 5. The smallest absolute Gasteiger partial charge is 0.147 e. The van der Waals surface area contributed by atoms with Crippen molar-refractivity contribution in [2.75, 3.05) is 0 Å². The number of hydrogen-bond donors (Lipinski definition) is 0. The van der Waals surface area contributed by atoms with Gasteiger partial charge < -0.3 is 8.83 Å². The van der Waals surface area contributed by atoms with E-state index in [1.807, 2.05) is 12.1 Å². The van der Waals surface area contributed by atoms with Crippen molar-refractivity contribution in [1.82, 2.24) is 0 Å². The highest BCUT2D eigenvalue weighted by Gasteiger charge is 2.25. The first-order chi connectivity index (χ1) is 28.2. The first-order valence-electron chi connectivity index (χ1n) is 19.9. The molecule has 1 aliphatic carbocycles. The van der Waals surface area contributed by atoms with Crippen molar-refractivity contribution in [3.63, 3.8) is 0 Å². The predicted octanol–water partition coefficient (Wildman–Crippen LogP) is 15.5. The van der Waals surface area contributed by atoms with Crippen LogP contribution in [0.1, 0.15) is 23.5 Å². The van der Waals surface area contributed by atoms with Crippen LogP contribution in [0, 0.1) is 0 Å². The number of hydrogen-bond acceptors (Lipinski definition) is 2. The van der Waals surface area contributed by atoms with Gasteiger partial charge in [0.25, 0.3) is 0 Å². The quantitative estimate of drug-likeness (QED) is 0.165. The van der Waals surface area contributed by atoms with Crippen LogP contribution in [-0.2, 0) is 6.42 Å². The lowest BCUT2D eigenvalue weighted by atomic mass is 9.83. The van der Waals surface area contributed by atoms with Crippen LogP contribution >= 0.6 is 0 Å². The van der Waals surface area contributed by atoms with Gasteiger partial charge in [-0.3, -0.25) is 0 Å². The fraction of sp³-hybridized carbons (Fsp3) is 0.0545. The maximum absolute atomic E-state index is 6.70. The highest BCUT2D eigenvalue weighted by molar-refractivity contribution is 6.23. The van der Waals surface area contributed by atoms with Crippen LogP contribution in [0.15, 0.2) is 202 Å². The SMILES string of the molecule is C1=CC(Cc2c3ccccc3c(-c3ccc(-c4ccc5ccccc5c4)cc3)c3ccccc23)=CC(c2cc3c4ccccc4oc3c3c2oc2ccccc23)C1. The summed E-state index contributed by atoms with van der Waals surface area (Å²) in [7, 11) is 0. The molecule has 9 aromatic carbocycles. The zero-order valence-electron chi connectivity index (χ0n) is 31.2. The molecule has 0 bridgehead atoms. The molecular formula is C55H36O2. The lowest BCUT2D eigenvalue weighted by molar-refractivity contribution is 0.653. The minimum atomic E-state index is 0.157. The largest absolute Gasteiger partial charge is 0.456 e. The Balaban J connectivity index is 0.975. The third-order valence-corrected chi connectivity index (χ3v) is 12.2. The average Bonchev–Trinajstić information content (AvgIpc) is 3.85. The van der Waals surface area contributed by atoms with Crippen LogP contribution in [0.25, 0.3) is 98.4 Å². The Hall–Kier alpha value is -7.16. The molecule has 2 heteroatoms. The molecule has 2 nitrogen and oxygen atoms in total. The first kappa shape index (κ1) is 32.1. The summed E-state index contributed by atoms with van der Waals surface area (Å²) in [6, 6.07) is 61.4. The fourth-order valence-corrected chi connectivity index (χ4v) is 9.57. The summed E-state index contributed by atoms with van der Waals surface area (Å²) in [5.41, 5.74) is 12.5. The molecular weight excluding hydrogens is 693 g/mol. The Bertz CT molecular complexity index is 3410. The van der Waals surface area contributed by atoms with E-state index in [9.17, 15) is 0 Å². The number of furan rings is 2. The third kappa shape index (κ3) is 5.11. The zero-order valence-corrected chi connectivity index (χ0v) is 31.2. The van der Waals surface area contributed by atoms with Crippen molar-refractivity contribution in [2.45, 2.75) is 18.8 Å². The summed E-state index contributed by atoms with van der Waals surface area (Å²) in [6.45, 7) is 0.